The minimum absolute atomic E-state index is 0.0848. The first-order chi connectivity index (χ1) is 15.0. The fourth-order valence-corrected chi connectivity index (χ4v) is 3.03. The van der Waals surface area contributed by atoms with Gasteiger partial charge in [0.1, 0.15) is 22.8 Å². The summed E-state index contributed by atoms with van der Waals surface area (Å²) in [5, 5.41) is 3.09. The molecule has 0 spiro atoms. The number of halogens is 2. The largest absolute Gasteiger partial charge is 0.481 e. The lowest BCUT2D eigenvalue weighted by Gasteiger charge is -2.17. The van der Waals surface area contributed by atoms with E-state index < -0.39 is 17.8 Å². The Morgan fingerprint density at radius 2 is 1.87 bits per heavy atom. The van der Waals surface area contributed by atoms with Crippen molar-refractivity contribution in [2.24, 2.45) is 0 Å². The molecule has 0 bridgehead atoms. The molecule has 0 radical (unpaired) electrons. The maximum atomic E-state index is 13.8. The summed E-state index contributed by atoms with van der Waals surface area (Å²) in [6.45, 7) is 1.81. The van der Waals surface area contributed by atoms with E-state index in [9.17, 15) is 9.18 Å². The van der Waals surface area contributed by atoms with Crippen molar-refractivity contribution in [3.05, 3.63) is 77.6 Å². The van der Waals surface area contributed by atoms with E-state index in [4.69, 9.17) is 25.5 Å². The zero-order chi connectivity index (χ0) is 21.8. The minimum Gasteiger partial charge on any atom is -0.481 e. The van der Waals surface area contributed by atoms with Crippen molar-refractivity contribution in [1.82, 2.24) is 4.98 Å². The maximum absolute atomic E-state index is 13.8. The third kappa shape index (κ3) is 4.95. The molecule has 1 atom stereocenters. The third-order valence-corrected chi connectivity index (χ3v) is 4.67. The van der Waals surface area contributed by atoms with Gasteiger partial charge in [0.05, 0.1) is 5.69 Å². The highest BCUT2D eigenvalue weighted by atomic mass is 35.5. The van der Waals surface area contributed by atoms with Crippen molar-refractivity contribution in [2.75, 3.05) is 5.32 Å². The summed E-state index contributed by atoms with van der Waals surface area (Å²) in [5.41, 5.74) is 1.26. The van der Waals surface area contributed by atoms with E-state index in [1.165, 1.54) is 12.1 Å². The summed E-state index contributed by atoms with van der Waals surface area (Å²) in [6.07, 6.45) is -0.293. The lowest BCUT2D eigenvalue weighted by molar-refractivity contribution is -0.122. The summed E-state index contributed by atoms with van der Waals surface area (Å²) in [5.74, 6) is 0.00725. The molecule has 0 aliphatic carbocycles. The predicted octanol–water partition coefficient (Wildman–Crippen LogP) is 6.21. The molecule has 1 aromatic heterocycles. The van der Waals surface area contributed by atoms with Crippen LogP contribution in [0.3, 0.4) is 0 Å². The first kappa shape index (κ1) is 20.7. The second-order valence-corrected chi connectivity index (χ2v) is 7.09. The van der Waals surface area contributed by atoms with Crippen LogP contribution in [0.1, 0.15) is 13.3 Å². The van der Waals surface area contributed by atoms with Crippen LogP contribution < -0.4 is 14.8 Å². The Balaban J connectivity index is 1.40. The molecule has 6 nitrogen and oxygen atoms in total. The summed E-state index contributed by atoms with van der Waals surface area (Å²) in [4.78, 5) is 16.7. The van der Waals surface area contributed by atoms with Gasteiger partial charge in [-0.2, -0.15) is 4.98 Å². The third-order valence-electron chi connectivity index (χ3n) is 4.43. The van der Waals surface area contributed by atoms with Gasteiger partial charge in [-0.05, 0) is 55.0 Å². The number of ether oxygens (including phenoxy) is 2. The molecule has 31 heavy (non-hydrogen) atoms. The van der Waals surface area contributed by atoms with Crippen LogP contribution in [0.15, 0.2) is 71.1 Å². The molecule has 3 aromatic carbocycles. The zero-order valence-corrected chi connectivity index (χ0v) is 17.2. The normalized spacial score (nSPS) is 11.8. The van der Waals surface area contributed by atoms with E-state index in [1.807, 2.05) is 6.92 Å². The molecule has 1 N–H and O–H groups in total. The second-order valence-electron chi connectivity index (χ2n) is 6.65. The average Bonchev–Trinajstić information content (AvgIpc) is 3.16. The first-order valence-corrected chi connectivity index (χ1v) is 9.95. The van der Waals surface area contributed by atoms with Gasteiger partial charge in [0, 0.05) is 11.1 Å². The highest BCUT2D eigenvalue weighted by Gasteiger charge is 2.20. The zero-order valence-electron chi connectivity index (χ0n) is 16.5. The monoisotopic (exact) mass is 440 g/mol. The number of hydrogen-bond donors (Lipinski definition) is 1. The van der Waals surface area contributed by atoms with E-state index in [-0.39, 0.29) is 11.8 Å². The number of aromatic nitrogens is 1. The Morgan fingerprint density at radius 3 is 2.61 bits per heavy atom. The number of para-hydroxylation sites is 1. The van der Waals surface area contributed by atoms with Crippen LogP contribution in [0, 0.1) is 5.82 Å². The van der Waals surface area contributed by atoms with Gasteiger partial charge in [-0.15, -0.1) is 0 Å². The topological polar surface area (TPSA) is 73.6 Å². The Hall–Kier alpha value is -3.58. The molecule has 1 amide bonds. The van der Waals surface area contributed by atoms with Crippen molar-refractivity contribution in [2.45, 2.75) is 19.4 Å². The predicted molar refractivity (Wildman–Crippen MR) is 115 cm³/mol. The van der Waals surface area contributed by atoms with Gasteiger partial charge in [0.15, 0.2) is 11.7 Å². The van der Waals surface area contributed by atoms with E-state index in [1.54, 1.807) is 54.6 Å². The molecule has 1 heterocycles. The van der Waals surface area contributed by atoms with Crippen molar-refractivity contribution < 1.29 is 23.1 Å². The van der Waals surface area contributed by atoms with Crippen molar-refractivity contribution in [1.29, 1.82) is 0 Å². The number of anilines is 1. The quantitative estimate of drug-likeness (QED) is 0.370. The molecule has 0 saturated heterocycles. The molecule has 158 valence electrons. The van der Waals surface area contributed by atoms with Crippen LogP contribution in [0.25, 0.3) is 11.1 Å². The van der Waals surface area contributed by atoms with Gasteiger partial charge in [-0.25, -0.2) is 4.39 Å². The SMILES string of the molecule is CCC(Oc1ccc(Oc2nc3ccc(Cl)cc3o2)cc1)C(=O)Nc1ccccc1F. The first-order valence-electron chi connectivity index (χ1n) is 9.58. The number of nitrogens with one attached hydrogen (secondary N) is 1. The number of carbonyl (C=O) groups is 1. The fourth-order valence-electron chi connectivity index (χ4n) is 2.87. The number of rotatable bonds is 7. The van der Waals surface area contributed by atoms with Crippen LogP contribution in [0.2, 0.25) is 5.02 Å². The fraction of sp³-hybridized carbons (Fsp3) is 0.130. The highest BCUT2D eigenvalue weighted by Crippen LogP contribution is 2.28. The Kier molecular flexibility index (Phi) is 6.04. The van der Waals surface area contributed by atoms with Crippen molar-refractivity contribution in [3.63, 3.8) is 0 Å². The van der Waals surface area contributed by atoms with Crippen LogP contribution in [-0.4, -0.2) is 17.0 Å². The van der Waals surface area contributed by atoms with Gasteiger partial charge >= 0.3 is 6.08 Å². The van der Waals surface area contributed by atoms with Crippen molar-refractivity contribution >= 4 is 34.3 Å². The molecule has 1 unspecified atom stereocenters. The molecule has 4 rings (SSSR count). The number of carbonyl (C=O) groups excluding carboxylic acids is 1. The van der Waals surface area contributed by atoms with E-state index in [0.717, 1.165) is 0 Å². The summed E-state index contributed by atoms with van der Waals surface area (Å²) < 4.78 is 30.7. The Labute approximate surface area is 182 Å². The second kappa shape index (κ2) is 9.06. The lowest BCUT2D eigenvalue weighted by Crippen LogP contribution is -2.32. The summed E-state index contributed by atoms with van der Waals surface area (Å²) in [7, 11) is 0. The molecule has 8 heteroatoms. The standard InChI is InChI=1S/C23H18ClFN2O4/c1-2-20(22(28)26-18-6-4-3-5-17(18)25)29-15-8-10-16(11-9-15)30-23-27-19-12-7-14(24)13-21(19)31-23/h3-13,20H,2H2,1H3,(H,26,28). The number of fused-ring (bicyclic) bond motifs is 1. The lowest BCUT2D eigenvalue weighted by atomic mass is 10.2. The van der Waals surface area contributed by atoms with Gasteiger partial charge < -0.3 is 19.2 Å². The molecular weight excluding hydrogens is 423 g/mol. The summed E-state index contributed by atoms with van der Waals surface area (Å²) in [6, 6.07) is 17.7. The molecule has 0 saturated carbocycles. The number of benzene rings is 3. The number of nitrogens with zero attached hydrogens (tertiary/aromatic N) is 1. The van der Waals surface area contributed by atoms with Gasteiger partial charge in [0.25, 0.3) is 5.91 Å². The molecule has 4 aromatic rings. The van der Waals surface area contributed by atoms with Crippen LogP contribution in [-0.2, 0) is 4.79 Å². The van der Waals surface area contributed by atoms with E-state index in [0.29, 0.717) is 34.0 Å². The van der Waals surface area contributed by atoms with Crippen LogP contribution in [0.5, 0.6) is 17.6 Å². The average molecular weight is 441 g/mol. The number of oxazole rings is 1. The smallest absolute Gasteiger partial charge is 0.400 e. The number of amides is 1. The van der Waals surface area contributed by atoms with Crippen molar-refractivity contribution in [3.8, 4) is 17.6 Å². The van der Waals surface area contributed by atoms with E-state index >= 15 is 0 Å². The molecular formula is C23H18ClFN2O4. The Bertz CT molecular complexity index is 1210. The molecule has 0 aliphatic rings. The Morgan fingerprint density at radius 1 is 1.13 bits per heavy atom. The molecule has 0 fully saturated rings. The number of hydrogen-bond acceptors (Lipinski definition) is 5. The maximum Gasteiger partial charge on any atom is 0.400 e. The van der Waals surface area contributed by atoms with Gasteiger partial charge in [-0.1, -0.05) is 30.7 Å². The van der Waals surface area contributed by atoms with Gasteiger partial charge in [0.2, 0.25) is 0 Å². The van der Waals surface area contributed by atoms with E-state index in [2.05, 4.69) is 10.3 Å². The highest BCUT2D eigenvalue weighted by molar-refractivity contribution is 6.31. The van der Waals surface area contributed by atoms with Crippen LogP contribution in [0.4, 0.5) is 10.1 Å². The molecule has 0 aliphatic heterocycles. The minimum atomic E-state index is -0.784. The van der Waals surface area contributed by atoms with Gasteiger partial charge in [-0.3, -0.25) is 4.79 Å². The van der Waals surface area contributed by atoms with Crippen LogP contribution >= 0.6 is 11.6 Å². The summed E-state index contributed by atoms with van der Waals surface area (Å²) >= 11 is 5.94.